The fourth-order valence-corrected chi connectivity index (χ4v) is 3.61. The number of hydrogen-bond acceptors (Lipinski definition) is 5. The van der Waals surface area contributed by atoms with E-state index in [9.17, 15) is 18.5 Å². The number of benzene rings is 1. The first kappa shape index (κ1) is 15.4. The molecule has 0 atom stereocenters. The number of aryl methyl sites for hydroxylation is 1. The van der Waals surface area contributed by atoms with E-state index in [2.05, 4.69) is 4.98 Å². The second-order valence-corrected chi connectivity index (χ2v) is 6.70. The molecule has 0 aliphatic carbocycles. The second kappa shape index (κ2) is 5.79. The van der Waals surface area contributed by atoms with Crippen LogP contribution >= 0.6 is 11.6 Å². The third-order valence-electron chi connectivity index (χ3n) is 2.77. The minimum Gasteiger partial charge on any atom is -0.258 e. The molecule has 0 bridgehead atoms. The lowest BCUT2D eigenvalue weighted by Crippen LogP contribution is -2.11. The molecule has 0 saturated heterocycles. The molecule has 0 radical (unpaired) electrons. The van der Waals surface area contributed by atoms with Crippen LogP contribution in [-0.2, 0) is 15.6 Å². The minimum absolute atomic E-state index is 0.288. The number of nitro groups is 1. The highest BCUT2D eigenvalue weighted by atomic mass is 35.5. The van der Waals surface area contributed by atoms with Crippen molar-refractivity contribution < 1.29 is 13.3 Å². The molecule has 1 aromatic heterocycles. The van der Waals surface area contributed by atoms with Gasteiger partial charge in [0.1, 0.15) is 0 Å². The van der Waals surface area contributed by atoms with Crippen molar-refractivity contribution in [2.45, 2.75) is 17.7 Å². The van der Waals surface area contributed by atoms with E-state index < -0.39 is 31.2 Å². The Morgan fingerprint density at radius 1 is 1.24 bits per heavy atom. The lowest BCUT2D eigenvalue weighted by Gasteiger charge is -2.07. The first-order chi connectivity index (χ1) is 9.81. The van der Waals surface area contributed by atoms with Crippen molar-refractivity contribution in [3.8, 4) is 0 Å². The smallest absolute Gasteiger partial charge is 0.258 e. The number of hydrogen-bond donors (Lipinski definition) is 0. The Bertz CT molecular complexity index is 806. The molecule has 0 unspecified atom stereocenters. The maximum absolute atomic E-state index is 12.4. The molecular weight excluding hydrogens is 316 g/mol. The molecule has 0 aliphatic rings. The van der Waals surface area contributed by atoms with Gasteiger partial charge in [-0.05, 0) is 24.6 Å². The molecule has 0 aliphatic heterocycles. The lowest BCUT2D eigenvalue weighted by molar-refractivity contribution is -0.388. The van der Waals surface area contributed by atoms with Crippen LogP contribution in [0.4, 0.5) is 5.69 Å². The van der Waals surface area contributed by atoms with Gasteiger partial charge in [0.05, 0.1) is 10.7 Å². The van der Waals surface area contributed by atoms with Crippen molar-refractivity contribution in [2.24, 2.45) is 0 Å². The zero-order valence-corrected chi connectivity index (χ0v) is 12.6. The van der Waals surface area contributed by atoms with Crippen LogP contribution in [0.3, 0.4) is 0 Å². The van der Waals surface area contributed by atoms with Crippen molar-refractivity contribution >= 4 is 27.1 Å². The van der Waals surface area contributed by atoms with Gasteiger partial charge >= 0.3 is 5.69 Å². The fourth-order valence-electron chi connectivity index (χ4n) is 1.78. The third-order valence-corrected chi connectivity index (χ3v) is 4.72. The summed E-state index contributed by atoms with van der Waals surface area (Å²) in [4.78, 5) is 14.0. The summed E-state index contributed by atoms with van der Waals surface area (Å²) in [5.74, 6) is -0.441. The maximum Gasteiger partial charge on any atom is 0.306 e. The van der Waals surface area contributed by atoms with Gasteiger partial charge in [0.15, 0.2) is 0 Å². The SMILES string of the molecule is Cc1ccc([N+](=O)[O-])c(S(=O)(=O)Cc2ccccc2Cl)n1. The van der Waals surface area contributed by atoms with Gasteiger partial charge in [-0.25, -0.2) is 13.4 Å². The summed E-state index contributed by atoms with van der Waals surface area (Å²) >= 11 is 5.93. The molecule has 0 spiro atoms. The van der Waals surface area contributed by atoms with Gasteiger partial charge in [-0.15, -0.1) is 0 Å². The normalized spacial score (nSPS) is 11.3. The summed E-state index contributed by atoms with van der Waals surface area (Å²) in [5, 5.41) is 10.7. The van der Waals surface area contributed by atoms with Crippen molar-refractivity contribution in [1.29, 1.82) is 0 Å². The van der Waals surface area contributed by atoms with Gasteiger partial charge in [-0.3, -0.25) is 10.1 Å². The average molecular weight is 327 g/mol. The molecule has 2 aromatic rings. The number of halogens is 1. The van der Waals surface area contributed by atoms with E-state index >= 15 is 0 Å². The summed E-state index contributed by atoms with van der Waals surface area (Å²) in [6.07, 6.45) is 0. The molecule has 1 aromatic carbocycles. The highest BCUT2D eigenvalue weighted by Crippen LogP contribution is 2.27. The van der Waals surface area contributed by atoms with Gasteiger partial charge in [0.25, 0.3) is 0 Å². The number of sulfone groups is 1. The standard InChI is InChI=1S/C13H11ClN2O4S/c1-9-6-7-12(16(17)18)13(15-9)21(19,20)8-10-4-2-3-5-11(10)14/h2-7H,8H2,1H3. The predicted octanol–water partition coefficient (Wildman–Crippen LogP) is 2.93. The highest BCUT2D eigenvalue weighted by Gasteiger charge is 2.28. The zero-order chi connectivity index (χ0) is 15.6. The van der Waals surface area contributed by atoms with E-state index in [-0.39, 0.29) is 5.02 Å². The van der Waals surface area contributed by atoms with Gasteiger partial charge < -0.3 is 0 Å². The fraction of sp³-hybridized carbons (Fsp3) is 0.154. The van der Waals surface area contributed by atoms with Crippen LogP contribution < -0.4 is 0 Å². The van der Waals surface area contributed by atoms with Crippen LogP contribution in [0.25, 0.3) is 0 Å². The molecule has 21 heavy (non-hydrogen) atoms. The first-order valence-electron chi connectivity index (χ1n) is 5.89. The van der Waals surface area contributed by atoms with Crippen molar-refractivity contribution in [3.63, 3.8) is 0 Å². The highest BCUT2D eigenvalue weighted by molar-refractivity contribution is 7.90. The number of aromatic nitrogens is 1. The third kappa shape index (κ3) is 3.37. The van der Waals surface area contributed by atoms with Gasteiger partial charge in [-0.2, -0.15) is 0 Å². The van der Waals surface area contributed by atoms with E-state index in [1.807, 2.05) is 0 Å². The van der Waals surface area contributed by atoms with E-state index in [0.717, 1.165) is 6.07 Å². The molecule has 0 amide bonds. The van der Waals surface area contributed by atoms with Gasteiger partial charge in [0.2, 0.25) is 14.9 Å². The minimum atomic E-state index is -3.97. The Hall–Kier alpha value is -1.99. The van der Waals surface area contributed by atoms with E-state index in [1.165, 1.54) is 6.07 Å². The number of pyridine rings is 1. The summed E-state index contributed by atoms with van der Waals surface area (Å²) < 4.78 is 24.8. The zero-order valence-electron chi connectivity index (χ0n) is 11.0. The average Bonchev–Trinajstić information content (AvgIpc) is 2.41. The second-order valence-electron chi connectivity index (χ2n) is 4.38. The van der Waals surface area contributed by atoms with Gasteiger partial charge in [-0.1, -0.05) is 29.8 Å². The summed E-state index contributed by atoms with van der Waals surface area (Å²) in [5.41, 5.74) is 0.225. The summed E-state index contributed by atoms with van der Waals surface area (Å²) in [6, 6.07) is 8.97. The van der Waals surface area contributed by atoms with Crippen LogP contribution in [0, 0.1) is 17.0 Å². The number of rotatable bonds is 4. The van der Waals surface area contributed by atoms with Crippen LogP contribution in [0.2, 0.25) is 5.02 Å². The maximum atomic E-state index is 12.4. The van der Waals surface area contributed by atoms with Gasteiger partial charge in [0, 0.05) is 16.8 Å². The van der Waals surface area contributed by atoms with E-state index in [0.29, 0.717) is 11.3 Å². The Balaban J connectivity index is 2.52. The Kier molecular flexibility index (Phi) is 4.24. The topological polar surface area (TPSA) is 90.2 Å². The largest absolute Gasteiger partial charge is 0.306 e. The molecule has 0 fully saturated rings. The molecular formula is C13H11ClN2O4S. The Labute approximate surface area is 126 Å². The predicted molar refractivity (Wildman–Crippen MR) is 78.0 cm³/mol. The molecule has 1 heterocycles. The van der Waals surface area contributed by atoms with Crippen LogP contribution in [0.5, 0.6) is 0 Å². The molecule has 0 N–H and O–H groups in total. The monoisotopic (exact) mass is 326 g/mol. The van der Waals surface area contributed by atoms with Crippen LogP contribution in [-0.4, -0.2) is 18.3 Å². The quantitative estimate of drug-likeness (QED) is 0.636. The lowest BCUT2D eigenvalue weighted by atomic mass is 10.2. The van der Waals surface area contributed by atoms with Crippen LogP contribution in [0.15, 0.2) is 41.4 Å². The van der Waals surface area contributed by atoms with E-state index in [1.54, 1.807) is 31.2 Å². The first-order valence-corrected chi connectivity index (χ1v) is 7.92. The molecule has 2 rings (SSSR count). The Morgan fingerprint density at radius 3 is 2.52 bits per heavy atom. The number of nitrogens with zero attached hydrogens (tertiary/aromatic N) is 2. The summed E-state index contributed by atoms with van der Waals surface area (Å²) in [6.45, 7) is 1.57. The molecule has 110 valence electrons. The van der Waals surface area contributed by atoms with Crippen LogP contribution in [0.1, 0.15) is 11.3 Å². The van der Waals surface area contributed by atoms with Crippen molar-refractivity contribution in [3.05, 3.63) is 62.8 Å². The van der Waals surface area contributed by atoms with E-state index in [4.69, 9.17) is 11.6 Å². The molecule has 8 heteroatoms. The Morgan fingerprint density at radius 2 is 1.90 bits per heavy atom. The van der Waals surface area contributed by atoms with Crippen molar-refractivity contribution in [2.75, 3.05) is 0 Å². The van der Waals surface area contributed by atoms with Crippen molar-refractivity contribution in [1.82, 2.24) is 4.98 Å². The summed E-state index contributed by atoms with van der Waals surface area (Å²) in [7, 11) is -3.97. The molecule has 0 saturated carbocycles. The molecule has 6 nitrogen and oxygen atoms in total.